The first-order chi connectivity index (χ1) is 8.50. The quantitative estimate of drug-likeness (QED) is 0.843. The molecular formula is C13H14IN3O. The van der Waals surface area contributed by atoms with Crippen LogP contribution in [-0.4, -0.2) is 15.7 Å². The van der Waals surface area contributed by atoms with Crippen molar-refractivity contribution in [3.8, 4) is 0 Å². The standard InChI is InChI=1S/C13H14IN3O/c1-8-12(9(2)17(3)16-8)13(18)15-11-7-5-4-6-10(11)14/h4-7H,1-3H3,(H,15,18). The van der Waals surface area contributed by atoms with Gasteiger partial charge in [0, 0.05) is 16.3 Å². The lowest BCUT2D eigenvalue weighted by Crippen LogP contribution is -2.14. The molecule has 1 heterocycles. The summed E-state index contributed by atoms with van der Waals surface area (Å²) in [5.74, 6) is -0.109. The first-order valence-electron chi connectivity index (χ1n) is 5.56. The molecule has 0 aliphatic carbocycles. The fraction of sp³-hybridized carbons (Fsp3) is 0.231. The smallest absolute Gasteiger partial charge is 0.259 e. The molecule has 18 heavy (non-hydrogen) atoms. The monoisotopic (exact) mass is 355 g/mol. The second kappa shape index (κ2) is 5.09. The zero-order valence-corrected chi connectivity index (χ0v) is 12.6. The van der Waals surface area contributed by atoms with E-state index in [4.69, 9.17) is 0 Å². The molecule has 0 aliphatic rings. The van der Waals surface area contributed by atoms with Crippen molar-refractivity contribution >= 4 is 34.2 Å². The maximum atomic E-state index is 12.3. The molecule has 0 saturated heterocycles. The molecule has 1 N–H and O–H groups in total. The number of hydrogen-bond acceptors (Lipinski definition) is 2. The Morgan fingerprint density at radius 1 is 1.33 bits per heavy atom. The molecular weight excluding hydrogens is 341 g/mol. The third kappa shape index (κ3) is 2.40. The van der Waals surface area contributed by atoms with Crippen LogP contribution < -0.4 is 5.32 Å². The van der Waals surface area contributed by atoms with E-state index >= 15 is 0 Å². The highest BCUT2D eigenvalue weighted by Crippen LogP contribution is 2.19. The lowest BCUT2D eigenvalue weighted by molar-refractivity contribution is 0.102. The minimum atomic E-state index is -0.109. The van der Waals surface area contributed by atoms with Crippen LogP contribution in [0.15, 0.2) is 24.3 Å². The Morgan fingerprint density at radius 2 is 2.00 bits per heavy atom. The molecule has 4 nitrogen and oxygen atoms in total. The van der Waals surface area contributed by atoms with Gasteiger partial charge in [-0.2, -0.15) is 5.10 Å². The Morgan fingerprint density at radius 3 is 2.56 bits per heavy atom. The van der Waals surface area contributed by atoms with Crippen molar-refractivity contribution in [3.63, 3.8) is 0 Å². The van der Waals surface area contributed by atoms with E-state index in [0.29, 0.717) is 5.56 Å². The number of benzene rings is 1. The van der Waals surface area contributed by atoms with Crippen molar-refractivity contribution in [1.82, 2.24) is 9.78 Å². The Kier molecular flexibility index (Phi) is 3.70. The Labute approximate surface area is 120 Å². The third-order valence-electron chi connectivity index (χ3n) is 2.86. The van der Waals surface area contributed by atoms with E-state index in [1.165, 1.54) is 0 Å². The van der Waals surface area contributed by atoms with Gasteiger partial charge in [-0.1, -0.05) is 12.1 Å². The molecule has 1 aromatic carbocycles. The summed E-state index contributed by atoms with van der Waals surface area (Å²) in [6.45, 7) is 3.74. The summed E-state index contributed by atoms with van der Waals surface area (Å²) in [5, 5.41) is 7.17. The number of carbonyl (C=O) groups excluding carboxylic acids is 1. The fourth-order valence-corrected chi connectivity index (χ4v) is 2.37. The van der Waals surface area contributed by atoms with E-state index in [2.05, 4.69) is 33.0 Å². The number of para-hydroxylation sites is 1. The summed E-state index contributed by atoms with van der Waals surface area (Å²) >= 11 is 2.20. The maximum absolute atomic E-state index is 12.3. The lowest BCUT2D eigenvalue weighted by atomic mass is 10.2. The minimum absolute atomic E-state index is 0.109. The molecule has 0 spiro atoms. The van der Waals surface area contributed by atoms with Gasteiger partial charge < -0.3 is 5.32 Å². The highest BCUT2D eigenvalue weighted by molar-refractivity contribution is 14.1. The molecule has 1 aromatic heterocycles. The molecule has 2 rings (SSSR count). The Balaban J connectivity index is 2.31. The lowest BCUT2D eigenvalue weighted by Gasteiger charge is -2.07. The number of aromatic nitrogens is 2. The van der Waals surface area contributed by atoms with E-state index in [-0.39, 0.29) is 5.91 Å². The number of halogens is 1. The van der Waals surface area contributed by atoms with E-state index in [0.717, 1.165) is 20.6 Å². The molecule has 1 amide bonds. The van der Waals surface area contributed by atoms with Gasteiger partial charge in [0.15, 0.2) is 0 Å². The molecule has 5 heteroatoms. The number of anilines is 1. The molecule has 0 saturated carbocycles. The number of carbonyl (C=O) groups is 1. The minimum Gasteiger partial charge on any atom is -0.321 e. The average Bonchev–Trinajstić information content (AvgIpc) is 2.56. The van der Waals surface area contributed by atoms with Crippen LogP contribution in [0.3, 0.4) is 0 Å². The van der Waals surface area contributed by atoms with Gasteiger partial charge >= 0.3 is 0 Å². The molecule has 0 radical (unpaired) electrons. The number of hydrogen-bond donors (Lipinski definition) is 1. The van der Waals surface area contributed by atoms with Gasteiger partial charge in [0.05, 0.1) is 16.9 Å². The topological polar surface area (TPSA) is 46.9 Å². The van der Waals surface area contributed by atoms with E-state index < -0.39 is 0 Å². The summed E-state index contributed by atoms with van der Waals surface area (Å²) in [6, 6.07) is 7.69. The van der Waals surface area contributed by atoms with Gasteiger partial charge in [0.1, 0.15) is 0 Å². The fourth-order valence-electron chi connectivity index (χ4n) is 1.85. The van der Waals surface area contributed by atoms with E-state index in [1.807, 2.05) is 45.2 Å². The summed E-state index contributed by atoms with van der Waals surface area (Å²) < 4.78 is 2.74. The zero-order chi connectivity index (χ0) is 13.3. The van der Waals surface area contributed by atoms with Crippen LogP contribution in [-0.2, 0) is 7.05 Å². The second-order valence-electron chi connectivity index (χ2n) is 4.10. The predicted octanol–water partition coefficient (Wildman–Crippen LogP) is 2.89. The zero-order valence-electron chi connectivity index (χ0n) is 10.5. The van der Waals surface area contributed by atoms with Gasteiger partial charge in [-0.25, -0.2) is 0 Å². The molecule has 0 unspecified atom stereocenters. The molecule has 0 bridgehead atoms. The number of nitrogens with one attached hydrogen (secondary N) is 1. The Bertz CT molecular complexity index is 604. The third-order valence-corrected chi connectivity index (χ3v) is 3.80. The predicted molar refractivity (Wildman–Crippen MR) is 79.8 cm³/mol. The molecule has 0 fully saturated rings. The van der Waals surface area contributed by atoms with Gasteiger partial charge in [0.25, 0.3) is 5.91 Å². The molecule has 0 atom stereocenters. The molecule has 0 aliphatic heterocycles. The summed E-state index contributed by atoms with van der Waals surface area (Å²) in [4.78, 5) is 12.3. The summed E-state index contributed by atoms with van der Waals surface area (Å²) in [7, 11) is 1.84. The van der Waals surface area contributed by atoms with Crippen molar-refractivity contribution < 1.29 is 4.79 Å². The largest absolute Gasteiger partial charge is 0.321 e. The van der Waals surface area contributed by atoms with Crippen LogP contribution in [0.5, 0.6) is 0 Å². The van der Waals surface area contributed by atoms with Crippen LogP contribution in [0.25, 0.3) is 0 Å². The van der Waals surface area contributed by atoms with E-state index in [1.54, 1.807) is 4.68 Å². The average molecular weight is 355 g/mol. The van der Waals surface area contributed by atoms with Crippen molar-refractivity contribution in [2.24, 2.45) is 7.05 Å². The van der Waals surface area contributed by atoms with Crippen molar-refractivity contribution in [2.75, 3.05) is 5.32 Å². The van der Waals surface area contributed by atoms with Gasteiger partial charge in [0.2, 0.25) is 0 Å². The summed E-state index contributed by atoms with van der Waals surface area (Å²) in [6.07, 6.45) is 0. The number of rotatable bonds is 2. The van der Waals surface area contributed by atoms with Gasteiger partial charge in [-0.3, -0.25) is 9.48 Å². The molecule has 2 aromatic rings. The first-order valence-corrected chi connectivity index (χ1v) is 6.64. The SMILES string of the molecule is Cc1nn(C)c(C)c1C(=O)Nc1ccccc1I. The Hall–Kier alpha value is -1.37. The van der Waals surface area contributed by atoms with Crippen LogP contribution in [0.2, 0.25) is 0 Å². The highest BCUT2D eigenvalue weighted by Gasteiger charge is 2.17. The van der Waals surface area contributed by atoms with Crippen molar-refractivity contribution in [1.29, 1.82) is 0 Å². The van der Waals surface area contributed by atoms with Gasteiger partial charge in [-0.05, 0) is 48.6 Å². The van der Waals surface area contributed by atoms with Crippen LogP contribution in [0.4, 0.5) is 5.69 Å². The van der Waals surface area contributed by atoms with Crippen LogP contribution in [0.1, 0.15) is 21.7 Å². The van der Waals surface area contributed by atoms with Crippen LogP contribution >= 0.6 is 22.6 Å². The van der Waals surface area contributed by atoms with Crippen LogP contribution in [0, 0.1) is 17.4 Å². The summed E-state index contributed by atoms with van der Waals surface area (Å²) in [5.41, 5.74) is 3.09. The number of nitrogens with zero attached hydrogens (tertiary/aromatic N) is 2. The first kappa shape index (κ1) is 13.1. The highest BCUT2D eigenvalue weighted by atomic mass is 127. The normalized spacial score (nSPS) is 10.4. The second-order valence-corrected chi connectivity index (χ2v) is 5.27. The molecule has 94 valence electrons. The van der Waals surface area contributed by atoms with E-state index in [9.17, 15) is 4.79 Å². The maximum Gasteiger partial charge on any atom is 0.259 e. The number of amides is 1. The van der Waals surface area contributed by atoms with Gasteiger partial charge in [-0.15, -0.1) is 0 Å². The number of aryl methyl sites for hydroxylation is 2. The van der Waals surface area contributed by atoms with Crippen molar-refractivity contribution in [3.05, 3.63) is 44.8 Å². The van der Waals surface area contributed by atoms with Crippen molar-refractivity contribution in [2.45, 2.75) is 13.8 Å².